The van der Waals surface area contributed by atoms with Gasteiger partial charge in [0.15, 0.2) is 0 Å². The Hall–Kier alpha value is -5.75. The molecule has 3 amide bonds. The van der Waals surface area contributed by atoms with Gasteiger partial charge in [-0.1, -0.05) is 48.5 Å². The molecule has 0 radical (unpaired) electrons. The number of nitro benzene ring substituents is 1. The second-order valence-electron chi connectivity index (χ2n) is 13.8. The summed E-state index contributed by atoms with van der Waals surface area (Å²) in [5, 5.41) is 14.9. The molecule has 0 saturated carbocycles. The molecule has 12 heteroatoms. The van der Waals surface area contributed by atoms with E-state index in [1.165, 1.54) is 23.1 Å². The van der Waals surface area contributed by atoms with E-state index >= 15 is 0 Å². The van der Waals surface area contributed by atoms with Crippen LogP contribution in [0.1, 0.15) is 70.4 Å². The van der Waals surface area contributed by atoms with Crippen molar-refractivity contribution in [2.24, 2.45) is 0 Å². The normalized spacial score (nSPS) is 13.0. The third-order valence-electron chi connectivity index (χ3n) is 9.67. The molecule has 1 aliphatic heterocycles. The van der Waals surface area contributed by atoms with E-state index in [1.54, 1.807) is 37.4 Å². The number of hydrogen-bond acceptors (Lipinski definition) is 8. The average Bonchev–Trinajstić information content (AvgIpc) is 3.18. The Kier molecular flexibility index (Phi) is 13.8. The van der Waals surface area contributed by atoms with E-state index in [2.05, 4.69) is 24.3 Å². The van der Waals surface area contributed by atoms with Crippen LogP contribution in [0.2, 0.25) is 0 Å². The minimum Gasteiger partial charge on any atom is -0.491 e. The lowest BCUT2D eigenvalue weighted by Gasteiger charge is -2.35. The quantitative estimate of drug-likeness (QED) is 0.0711. The van der Waals surface area contributed by atoms with E-state index in [1.807, 2.05) is 54.3 Å². The number of likely N-dealkylation sites (tertiary alicyclic amines) is 1. The van der Waals surface area contributed by atoms with Crippen molar-refractivity contribution in [2.75, 3.05) is 51.1 Å². The van der Waals surface area contributed by atoms with E-state index in [0.29, 0.717) is 36.3 Å². The molecule has 0 aromatic heterocycles. The lowest BCUT2D eigenvalue weighted by Crippen LogP contribution is -2.44. The van der Waals surface area contributed by atoms with E-state index in [9.17, 15) is 24.5 Å². The summed E-state index contributed by atoms with van der Waals surface area (Å²) in [6, 6.07) is 26.2. The van der Waals surface area contributed by atoms with Crippen LogP contribution in [-0.2, 0) is 11.4 Å². The maximum atomic E-state index is 13.8. The van der Waals surface area contributed by atoms with Crippen molar-refractivity contribution in [3.05, 3.63) is 123 Å². The van der Waals surface area contributed by atoms with Crippen LogP contribution in [0.25, 0.3) is 0 Å². The van der Waals surface area contributed by atoms with Crippen molar-refractivity contribution in [1.29, 1.82) is 0 Å². The van der Waals surface area contributed by atoms with Crippen molar-refractivity contribution in [3.8, 4) is 11.5 Å². The van der Waals surface area contributed by atoms with Gasteiger partial charge in [-0.2, -0.15) is 0 Å². The van der Waals surface area contributed by atoms with Crippen LogP contribution in [0.4, 0.5) is 17.1 Å². The molecule has 1 heterocycles. The molecule has 0 atom stereocenters. The number of benzene rings is 4. The van der Waals surface area contributed by atoms with Crippen LogP contribution in [0.5, 0.6) is 11.5 Å². The molecule has 12 nitrogen and oxygen atoms in total. The summed E-state index contributed by atoms with van der Waals surface area (Å²) in [5.41, 5.74) is 2.13. The Bertz CT molecular complexity index is 1930. The number of nitrogens with zero attached hydrogens (tertiary/aromatic N) is 4. The van der Waals surface area contributed by atoms with Gasteiger partial charge in [-0.15, -0.1) is 0 Å². The monoisotopic (exact) mass is 735 g/mol. The van der Waals surface area contributed by atoms with Gasteiger partial charge in [-0.25, -0.2) is 0 Å². The molecule has 54 heavy (non-hydrogen) atoms. The first-order chi connectivity index (χ1) is 26.0. The van der Waals surface area contributed by atoms with Gasteiger partial charge in [0.2, 0.25) is 5.91 Å². The highest BCUT2D eigenvalue weighted by Gasteiger charge is 2.27. The van der Waals surface area contributed by atoms with Crippen molar-refractivity contribution in [3.63, 3.8) is 0 Å². The molecule has 284 valence electrons. The van der Waals surface area contributed by atoms with Gasteiger partial charge in [-0.3, -0.25) is 24.5 Å². The standard InChI is InChI=1S/C42H49N5O7/c1-30-18-21-36(39(27-30)53-26-12-6-9-17-40(48)46-24-22-33(23-25-46)44(2)3)45(4)42(50)34-20-19-32(28-37(34)47(51)52)43-41(49)35-15-10-11-16-38(35)54-29-31-13-7-5-8-14-31/h5,7-8,10-11,13-16,18-21,27-28,33H,6,9,12,17,22-26,29H2,1-4H3,(H,43,49). The third-order valence-corrected chi connectivity index (χ3v) is 9.67. The Morgan fingerprint density at radius 3 is 2.28 bits per heavy atom. The second kappa shape index (κ2) is 18.8. The molecule has 1 fully saturated rings. The highest BCUT2D eigenvalue weighted by molar-refractivity contribution is 6.10. The molecule has 0 aliphatic carbocycles. The van der Waals surface area contributed by atoms with Crippen LogP contribution in [0, 0.1) is 17.0 Å². The maximum Gasteiger partial charge on any atom is 0.284 e. The first kappa shape index (κ1) is 39.5. The number of carbonyl (C=O) groups excluding carboxylic acids is 3. The van der Waals surface area contributed by atoms with E-state index in [0.717, 1.165) is 56.3 Å². The summed E-state index contributed by atoms with van der Waals surface area (Å²) >= 11 is 0. The number of piperidine rings is 1. The van der Waals surface area contributed by atoms with Gasteiger partial charge in [0.25, 0.3) is 17.5 Å². The lowest BCUT2D eigenvalue weighted by molar-refractivity contribution is -0.385. The molecular weight excluding hydrogens is 686 g/mol. The molecule has 1 aliphatic rings. The van der Waals surface area contributed by atoms with Crippen LogP contribution >= 0.6 is 0 Å². The molecular formula is C42H49N5O7. The van der Waals surface area contributed by atoms with Gasteiger partial charge < -0.3 is 29.5 Å². The highest BCUT2D eigenvalue weighted by Crippen LogP contribution is 2.33. The number of carbonyl (C=O) groups is 3. The number of unbranched alkanes of at least 4 members (excludes halogenated alkanes) is 2. The summed E-state index contributed by atoms with van der Waals surface area (Å²) in [4.78, 5) is 56.9. The van der Waals surface area contributed by atoms with Gasteiger partial charge >= 0.3 is 0 Å². The number of para-hydroxylation sites is 1. The van der Waals surface area contributed by atoms with Gasteiger partial charge in [0.1, 0.15) is 23.7 Å². The molecule has 0 unspecified atom stereocenters. The second-order valence-corrected chi connectivity index (χ2v) is 13.8. The predicted molar refractivity (Wildman–Crippen MR) is 209 cm³/mol. The zero-order chi connectivity index (χ0) is 38.6. The Labute approximate surface area is 316 Å². The molecule has 5 rings (SSSR count). The van der Waals surface area contributed by atoms with Crippen LogP contribution in [0.15, 0.2) is 91.0 Å². The Morgan fingerprint density at radius 2 is 1.56 bits per heavy atom. The van der Waals surface area contributed by atoms with Gasteiger partial charge in [0.05, 0.1) is 22.8 Å². The van der Waals surface area contributed by atoms with Gasteiger partial charge in [0, 0.05) is 44.4 Å². The number of rotatable bonds is 16. The van der Waals surface area contributed by atoms with E-state index < -0.39 is 22.4 Å². The topological polar surface area (TPSA) is 135 Å². The van der Waals surface area contributed by atoms with Crippen molar-refractivity contribution in [1.82, 2.24) is 9.80 Å². The minimum absolute atomic E-state index is 0.144. The fraction of sp³-hybridized carbons (Fsp3) is 0.357. The highest BCUT2D eigenvalue weighted by atomic mass is 16.6. The molecule has 4 aromatic rings. The summed E-state index contributed by atoms with van der Waals surface area (Å²) in [7, 11) is 5.71. The van der Waals surface area contributed by atoms with Crippen molar-refractivity contribution in [2.45, 2.75) is 58.1 Å². The summed E-state index contributed by atoms with van der Waals surface area (Å²) in [6.45, 7) is 4.16. The molecule has 0 spiro atoms. The average molecular weight is 736 g/mol. The van der Waals surface area contributed by atoms with E-state index in [4.69, 9.17) is 9.47 Å². The number of hydrogen-bond donors (Lipinski definition) is 1. The molecule has 0 bridgehead atoms. The Morgan fingerprint density at radius 1 is 0.833 bits per heavy atom. The van der Waals surface area contributed by atoms with E-state index in [-0.39, 0.29) is 29.3 Å². The predicted octanol–water partition coefficient (Wildman–Crippen LogP) is 7.50. The first-order valence-electron chi connectivity index (χ1n) is 18.3. The zero-order valence-electron chi connectivity index (χ0n) is 31.5. The fourth-order valence-corrected chi connectivity index (χ4v) is 6.49. The summed E-state index contributed by atoms with van der Waals surface area (Å²) in [6.07, 6.45) is 4.82. The first-order valence-corrected chi connectivity index (χ1v) is 18.3. The molecule has 1 saturated heterocycles. The fourth-order valence-electron chi connectivity index (χ4n) is 6.49. The molecule has 4 aromatic carbocycles. The number of anilines is 2. The lowest BCUT2D eigenvalue weighted by atomic mass is 10.0. The van der Waals surface area contributed by atoms with Gasteiger partial charge in [-0.05, 0) is 101 Å². The maximum absolute atomic E-state index is 13.8. The molecule has 1 N–H and O–H groups in total. The van der Waals surface area contributed by atoms with Crippen LogP contribution in [-0.4, -0.2) is 79.3 Å². The minimum atomic E-state index is -0.642. The largest absolute Gasteiger partial charge is 0.491 e. The number of aryl methyl sites for hydroxylation is 1. The van der Waals surface area contributed by atoms with Crippen LogP contribution < -0.4 is 19.7 Å². The SMILES string of the molecule is Cc1ccc(N(C)C(=O)c2ccc(NC(=O)c3ccccc3OCc3ccccc3)cc2[N+](=O)[O-])c(OCCCCCC(=O)N2CCC(N(C)C)CC2)c1. The summed E-state index contributed by atoms with van der Waals surface area (Å²) < 4.78 is 12.0. The van der Waals surface area contributed by atoms with Crippen molar-refractivity contribution >= 4 is 34.8 Å². The summed E-state index contributed by atoms with van der Waals surface area (Å²) in [5.74, 6) is -0.0865. The zero-order valence-corrected chi connectivity index (χ0v) is 31.5. The number of amides is 3. The third kappa shape index (κ3) is 10.4. The Balaban J connectivity index is 1.18. The number of nitro groups is 1. The number of ether oxygens (including phenoxy) is 2. The smallest absolute Gasteiger partial charge is 0.284 e. The van der Waals surface area contributed by atoms with Crippen LogP contribution in [0.3, 0.4) is 0 Å². The number of nitrogens with one attached hydrogen (secondary N) is 1. The van der Waals surface area contributed by atoms with Crippen molar-refractivity contribution < 1.29 is 28.8 Å².